The van der Waals surface area contributed by atoms with E-state index in [0.29, 0.717) is 26.2 Å². The average Bonchev–Trinajstić information content (AvgIpc) is 2.56. The molecule has 0 spiro atoms. The molecular weight excluding hydrogens is 424 g/mol. The Morgan fingerprint density at radius 2 is 2.04 bits per heavy atom. The number of amides is 1. The Bertz CT molecular complexity index is 585. The van der Waals surface area contributed by atoms with Gasteiger partial charge in [-0.05, 0) is 49.6 Å². The van der Waals surface area contributed by atoms with Gasteiger partial charge in [-0.25, -0.2) is 0 Å². The Hall–Kier alpha value is -1.31. The van der Waals surface area contributed by atoms with Crippen LogP contribution < -0.4 is 4.74 Å². The quantitative estimate of drug-likeness (QED) is 0.661. The lowest BCUT2D eigenvalue weighted by Gasteiger charge is -2.32. The summed E-state index contributed by atoms with van der Waals surface area (Å²) in [5, 5.41) is 8.92. The van der Waals surface area contributed by atoms with Crippen molar-refractivity contribution in [2.75, 3.05) is 39.8 Å². The fourth-order valence-corrected chi connectivity index (χ4v) is 3.24. The zero-order valence-electron chi connectivity index (χ0n) is 14.9. The smallest absolute Gasteiger partial charge is 0.303 e. The fraction of sp³-hybridized carbons (Fsp3) is 0.556. The number of hydrogen-bond acceptors (Lipinski definition) is 4. The molecule has 1 aromatic carbocycles. The van der Waals surface area contributed by atoms with Gasteiger partial charge in [0, 0.05) is 24.5 Å². The molecule has 1 aliphatic heterocycles. The number of likely N-dealkylation sites (tertiary alicyclic amines) is 1. The summed E-state index contributed by atoms with van der Waals surface area (Å²) in [5.74, 6) is 0.192. The zero-order chi connectivity index (χ0) is 18.2. The van der Waals surface area contributed by atoms with E-state index in [-0.39, 0.29) is 30.7 Å². The summed E-state index contributed by atoms with van der Waals surface area (Å²) in [6.07, 6.45) is 2.05. The Balaban J connectivity index is 0.00000338. The highest BCUT2D eigenvalue weighted by molar-refractivity contribution is 9.10. The number of piperidine rings is 1. The van der Waals surface area contributed by atoms with Crippen molar-refractivity contribution in [2.24, 2.45) is 5.92 Å². The molecule has 0 saturated carbocycles. The number of carbonyl (C=O) groups is 2. The third-order valence-electron chi connectivity index (χ3n) is 4.36. The molecule has 1 aliphatic rings. The van der Waals surface area contributed by atoms with E-state index < -0.39 is 5.97 Å². The van der Waals surface area contributed by atoms with Crippen molar-refractivity contribution in [1.29, 1.82) is 0 Å². The summed E-state index contributed by atoms with van der Waals surface area (Å²) in [7, 11) is 1.77. The van der Waals surface area contributed by atoms with E-state index in [1.54, 1.807) is 11.9 Å². The molecule has 146 valence electrons. The van der Waals surface area contributed by atoms with Crippen LogP contribution in [0.5, 0.6) is 5.75 Å². The minimum absolute atomic E-state index is 0. The second-order valence-electron chi connectivity index (χ2n) is 6.46. The minimum Gasteiger partial charge on any atom is -0.492 e. The predicted octanol–water partition coefficient (Wildman–Crippen LogP) is 2.89. The number of hydrogen-bond donors (Lipinski definition) is 1. The van der Waals surface area contributed by atoms with Gasteiger partial charge in [0.15, 0.2) is 0 Å². The molecule has 1 amide bonds. The van der Waals surface area contributed by atoms with Gasteiger partial charge >= 0.3 is 5.97 Å². The Morgan fingerprint density at radius 3 is 2.69 bits per heavy atom. The lowest BCUT2D eigenvalue weighted by atomic mass is 9.95. The number of carboxylic acid groups (broad SMARTS) is 1. The number of ether oxygens (including phenoxy) is 1. The van der Waals surface area contributed by atoms with Crippen molar-refractivity contribution in [1.82, 2.24) is 9.80 Å². The highest BCUT2D eigenvalue weighted by atomic mass is 79.9. The lowest BCUT2D eigenvalue weighted by Crippen LogP contribution is -2.44. The SMILES string of the molecule is CN(CCOc1ccc(Br)cc1)C(=O)CN1CCCC(CC(=O)O)C1.Cl. The van der Waals surface area contributed by atoms with Crippen molar-refractivity contribution in [3.05, 3.63) is 28.7 Å². The second kappa shape index (κ2) is 11.4. The van der Waals surface area contributed by atoms with Gasteiger partial charge in [0.25, 0.3) is 0 Å². The van der Waals surface area contributed by atoms with E-state index in [1.807, 2.05) is 24.3 Å². The van der Waals surface area contributed by atoms with Crippen molar-refractivity contribution < 1.29 is 19.4 Å². The molecule has 1 fully saturated rings. The summed E-state index contributed by atoms with van der Waals surface area (Å²) < 4.78 is 6.63. The number of carbonyl (C=O) groups excluding carboxylic acids is 1. The van der Waals surface area contributed by atoms with Crippen LogP contribution in [0.1, 0.15) is 19.3 Å². The molecular formula is C18H26BrClN2O4. The molecule has 8 heteroatoms. The van der Waals surface area contributed by atoms with E-state index in [1.165, 1.54) is 0 Å². The largest absolute Gasteiger partial charge is 0.492 e. The molecule has 1 N–H and O–H groups in total. The summed E-state index contributed by atoms with van der Waals surface area (Å²) in [6, 6.07) is 7.58. The first-order valence-corrected chi connectivity index (χ1v) is 9.30. The first-order valence-electron chi connectivity index (χ1n) is 8.50. The van der Waals surface area contributed by atoms with Crippen LogP contribution in [0.4, 0.5) is 0 Å². The summed E-state index contributed by atoms with van der Waals surface area (Å²) in [6.45, 7) is 2.82. The molecule has 6 nitrogen and oxygen atoms in total. The summed E-state index contributed by atoms with van der Waals surface area (Å²) >= 11 is 3.37. The third kappa shape index (κ3) is 7.93. The minimum atomic E-state index is -0.764. The summed E-state index contributed by atoms with van der Waals surface area (Å²) in [5.41, 5.74) is 0. The predicted molar refractivity (Wildman–Crippen MR) is 106 cm³/mol. The van der Waals surface area contributed by atoms with Crippen LogP contribution in [0, 0.1) is 5.92 Å². The molecule has 1 atom stereocenters. The number of nitrogens with zero attached hydrogens (tertiary/aromatic N) is 2. The Labute approximate surface area is 169 Å². The molecule has 1 unspecified atom stereocenters. The Morgan fingerprint density at radius 1 is 1.35 bits per heavy atom. The van der Waals surface area contributed by atoms with Crippen LogP contribution in [0.2, 0.25) is 0 Å². The molecule has 0 radical (unpaired) electrons. The number of likely N-dealkylation sites (N-methyl/N-ethyl adjacent to an activating group) is 1. The van der Waals surface area contributed by atoms with Gasteiger partial charge in [-0.15, -0.1) is 12.4 Å². The molecule has 2 rings (SSSR count). The van der Waals surface area contributed by atoms with Crippen LogP contribution >= 0.6 is 28.3 Å². The highest BCUT2D eigenvalue weighted by Gasteiger charge is 2.24. The van der Waals surface area contributed by atoms with Crippen LogP contribution in [0.25, 0.3) is 0 Å². The van der Waals surface area contributed by atoms with Crippen LogP contribution in [-0.2, 0) is 9.59 Å². The van der Waals surface area contributed by atoms with Crippen LogP contribution in [0.3, 0.4) is 0 Å². The maximum absolute atomic E-state index is 12.3. The van der Waals surface area contributed by atoms with E-state index in [4.69, 9.17) is 9.84 Å². The molecule has 0 bridgehead atoms. The monoisotopic (exact) mass is 448 g/mol. The molecule has 26 heavy (non-hydrogen) atoms. The number of aliphatic carboxylic acids is 1. The van der Waals surface area contributed by atoms with E-state index in [2.05, 4.69) is 20.8 Å². The van der Waals surface area contributed by atoms with Gasteiger partial charge in [0.2, 0.25) is 5.91 Å². The van der Waals surface area contributed by atoms with Gasteiger partial charge in [0.05, 0.1) is 13.1 Å². The van der Waals surface area contributed by atoms with Crippen LogP contribution in [-0.4, -0.2) is 66.6 Å². The van der Waals surface area contributed by atoms with Crippen molar-refractivity contribution in [3.63, 3.8) is 0 Å². The van der Waals surface area contributed by atoms with Crippen molar-refractivity contribution >= 4 is 40.2 Å². The molecule has 1 aromatic rings. The van der Waals surface area contributed by atoms with E-state index >= 15 is 0 Å². The zero-order valence-corrected chi connectivity index (χ0v) is 17.3. The molecule has 1 saturated heterocycles. The summed E-state index contributed by atoms with van der Waals surface area (Å²) in [4.78, 5) is 26.9. The fourth-order valence-electron chi connectivity index (χ4n) is 2.98. The van der Waals surface area contributed by atoms with Gasteiger partial charge in [-0.3, -0.25) is 14.5 Å². The van der Waals surface area contributed by atoms with Gasteiger partial charge < -0.3 is 14.7 Å². The normalized spacial score (nSPS) is 17.2. The van der Waals surface area contributed by atoms with Gasteiger partial charge in [0.1, 0.15) is 12.4 Å². The highest BCUT2D eigenvalue weighted by Crippen LogP contribution is 2.19. The van der Waals surface area contributed by atoms with E-state index in [9.17, 15) is 9.59 Å². The number of rotatable bonds is 8. The molecule has 1 heterocycles. The topological polar surface area (TPSA) is 70.1 Å². The average molecular weight is 450 g/mol. The first-order chi connectivity index (χ1) is 11.9. The lowest BCUT2D eigenvalue weighted by molar-refractivity contribution is -0.138. The van der Waals surface area contributed by atoms with Crippen LogP contribution in [0.15, 0.2) is 28.7 Å². The molecule has 0 aliphatic carbocycles. The second-order valence-corrected chi connectivity index (χ2v) is 7.37. The van der Waals surface area contributed by atoms with Crippen molar-refractivity contribution in [2.45, 2.75) is 19.3 Å². The third-order valence-corrected chi connectivity index (χ3v) is 4.89. The van der Waals surface area contributed by atoms with E-state index in [0.717, 1.165) is 29.6 Å². The van der Waals surface area contributed by atoms with Gasteiger partial charge in [-0.2, -0.15) is 0 Å². The molecule has 0 aromatic heterocycles. The standard InChI is InChI=1S/C18H25BrN2O4.ClH/c1-20(9-10-25-16-6-4-15(19)5-7-16)17(22)13-21-8-2-3-14(12-21)11-18(23)24;/h4-7,14H,2-3,8-13H2,1H3,(H,23,24);1H. The number of carboxylic acids is 1. The number of halogens is 2. The first kappa shape index (κ1) is 22.7. The maximum Gasteiger partial charge on any atom is 0.303 e. The Kier molecular flexibility index (Phi) is 9.98. The van der Waals surface area contributed by atoms with Crippen molar-refractivity contribution in [3.8, 4) is 5.75 Å². The number of benzene rings is 1. The maximum atomic E-state index is 12.3. The van der Waals surface area contributed by atoms with Gasteiger partial charge in [-0.1, -0.05) is 15.9 Å².